The number of urea groups is 1. The maximum atomic E-state index is 11.5. The first-order valence-electron chi connectivity index (χ1n) is 6.14. The summed E-state index contributed by atoms with van der Waals surface area (Å²) in [5.74, 6) is -0.0979. The molecule has 0 heterocycles. The first-order chi connectivity index (χ1) is 9.79. The van der Waals surface area contributed by atoms with E-state index in [0.29, 0.717) is 6.54 Å². The molecule has 0 fully saturated rings. The van der Waals surface area contributed by atoms with Gasteiger partial charge in [0.15, 0.2) is 6.61 Å². The van der Waals surface area contributed by atoms with E-state index in [0.717, 1.165) is 0 Å². The number of hydrogen-bond donors (Lipinski definition) is 2. The van der Waals surface area contributed by atoms with E-state index >= 15 is 0 Å². The molecule has 116 valence electrons. The third kappa shape index (κ3) is 6.42. The number of amides is 3. The van der Waals surface area contributed by atoms with Gasteiger partial charge in [0.2, 0.25) is 0 Å². The van der Waals surface area contributed by atoms with E-state index in [2.05, 4.69) is 10.6 Å². The van der Waals surface area contributed by atoms with Crippen molar-refractivity contribution in [1.29, 1.82) is 0 Å². The molecule has 0 aromatic heterocycles. The summed E-state index contributed by atoms with van der Waals surface area (Å²) in [6, 6.07) is 2.24. The number of rotatable bonds is 5. The Bertz CT molecular complexity index is 536. The van der Waals surface area contributed by atoms with Crippen molar-refractivity contribution in [2.45, 2.75) is 13.8 Å². The monoisotopic (exact) mass is 352 g/mol. The van der Waals surface area contributed by atoms with Crippen molar-refractivity contribution in [3.63, 3.8) is 0 Å². The first kappa shape index (κ1) is 17.9. The Kier molecular flexibility index (Phi) is 7.08. The van der Waals surface area contributed by atoms with Crippen LogP contribution in [-0.2, 0) is 4.79 Å². The molecule has 21 heavy (non-hydrogen) atoms. The summed E-state index contributed by atoms with van der Waals surface area (Å²) in [5.41, 5.74) is 0. The van der Waals surface area contributed by atoms with Gasteiger partial charge in [0.25, 0.3) is 5.91 Å². The van der Waals surface area contributed by atoms with Gasteiger partial charge < -0.3 is 10.1 Å². The average molecular weight is 354 g/mol. The van der Waals surface area contributed by atoms with Crippen LogP contribution in [0, 0.1) is 5.92 Å². The van der Waals surface area contributed by atoms with Gasteiger partial charge in [-0.3, -0.25) is 10.1 Å². The van der Waals surface area contributed by atoms with Gasteiger partial charge in [-0.2, -0.15) is 0 Å². The highest BCUT2D eigenvalue weighted by Crippen LogP contribution is 2.33. The Morgan fingerprint density at radius 1 is 1.14 bits per heavy atom. The number of imide groups is 1. The number of ether oxygens (including phenoxy) is 1. The fourth-order valence-corrected chi connectivity index (χ4v) is 1.85. The first-order valence-corrected chi connectivity index (χ1v) is 7.28. The van der Waals surface area contributed by atoms with Crippen molar-refractivity contribution in [3.8, 4) is 5.75 Å². The second-order valence-corrected chi connectivity index (χ2v) is 5.86. The zero-order valence-electron chi connectivity index (χ0n) is 11.5. The average Bonchev–Trinajstić information content (AvgIpc) is 2.39. The molecule has 0 atom stereocenters. The van der Waals surface area contributed by atoms with E-state index in [-0.39, 0.29) is 33.3 Å². The molecular weight excluding hydrogens is 339 g/mol. The molecule has 0 saturated carbocycles. The molecule has 8 heteroatoms. The molecule has 3 amide bonds. The highest BCUT2D eigenvalue weighted by molar-refractivity contribution is 6.43. The lowest BCUT2D eigenvalue weighted by molar-refractivity contribution is -0.122. The quantitative estimate of drug-likeness (QED) is 0.796. The van der Waals surface area contributed by atoms with Crippen LogP contribution in [0.4, 0.5) is 4.79 Å². The van der Waals surface area contributed by atoms with E-state index in [1.165, 1.54) is 12.1 Å². The van der Waals surface area contributed by atoms with Crippen LogP contribution in [0.5, 0.6) is 5.75 Å². The maximum absolute atomic E-state index is 11.5. The van der Waals surface area contributed by atoms with Crippen LogP contribution in [-0.4, -0.2) is 25.1 Å². The lowest BCUT2D eigenvalue weighted by Crippen LogP contribution is -2.42. The molecule has 5 nitrogen and oxygen atoms in total. The van der Waals surface area contributed by atoms with Crippen molar-refractivity contribution < 1.29 is 14.3 Å². The van der Waals surface area contributed by atoms with E-state index < -0.39 is 11.9 Å². The summed E-state index contributed by atoms with van der Waals surface area (Å²) in [4.78, 5) is 22.9. The second-order valence-electron chi connectivity index (χ2n) is 4.64. The third-order valence-electron chi connectivity index (χ3n) is 2.26. The molecule has 1 aromatic carbocycles. The molecule has 0 aliphatic carbocycles. The molecule has 0 aliphatic heterocycles. The van der Waals surface area contributed by atoms with Crippen LogP contribution in [0.3, 0.4) is 0 Å². The molecule has 0 bridgehead atoms. The van der Waals surface area contributed by atoms with Crippen LogP contribution >= 0.6 is 34.8 Å². The number of hydrogen-bond acceptors (Lipinski definition) is 3. The van der Waals surface area contributed by atoms with Crippen molar-refractivity contribution in [1.82, 2.24) is 10.6 Å². The fourth-order valence-electron chi connectivity index (χ4n) is 1.26. The topological polar surface area (TPSA) is 67.4 Å². The van der Waals surface area contributed by atoms with Gasteiger partial charge in [0, 0.05) is 12.6 Å². The molecule has 2 N–H and O–H groups in total. The van der Waals surface area contributed by atoms with Crippen LogP contribution in [0.2, 0.25) is 15.1 Å². The predicted molar refractivity (Wildman–Crippen MR) is 83.3 cm³/mol. The van der Waals surface area contributed by atoms with Crippen molar-refractivity contribution in [2.24, 2.45) is 5.92 Å². The van der Waals surface area contributed by atoms with E-state index in [1.54, 1.807) is 0 Å². The summed E-state index contributed by atoms with van der Waals surface area (Å²) in [6.45, 7) is 3.99. The van der Waals surface area contributed by atoms with Gasteiger partial charge in [-0.1, -0.05) is 48.7 Å². The van der Waals surface area contributed by atoms with Gasteiger partial charge in [-0.25, -0.2) is 4.79 Å². The van der Waals surface area contributed by atoms with Crippen molar-refractivity contribution in [3.05, 3.63) is 27.2 Å². The Morgan fingerprint density at radius 2 is 1.76 bits per heavy atom. The number of carbonyl (C=O) groups excluding carboxylic acids is 2. The fraction of sp³-hybridized carbons (Fsp3) is 0.385. The van der Waals surface area contributed by atoms with Crippen LogP contribution in [0.15, 0.2) is 12.1 Å². The SMILES string of the molecule is CC(C)CNC(=O)NC(=O)COc1cc(Cl)c(Cl)cc1Cl. The van der Waals surface area contributed by atoms with Gasteiger partial charge >= 0.3 is 6.03 Å². The highest BCUT2D eigenvalue weighted by atomic mass is 35.5. The minimum atomic E-state index is -0.599. The lowest BCUT2D eigenvalue weighted by Gasteiger charge is -2.10. The van der Waals surface area contributed by atoms with Crippen LogP contribution in [0.25, 0.3) is 0 Å². The largest absolute Gasteiger partial charge is 0.482 e. The van der Waals surface area contributed by atoms with Crippen LogP contribution in [0.1, 0.15) is 13.8 Å². The van der Waals surface area contributed by atoms with Crippen molar-refractivity contribution >= 4 is 46.7 Å². The summed E-state index contributed by atoms with van der Waals surface area (Å²) < 4.78 is 5.19. The van der Waals surface area contributed by atoms with Gasteiger partial charge in [0.1, 0.15) is 5.75 Å². The Morgan fingerprint density at radius 3 is 2.38 bits per heavy atom. The standard InChI is InChI=1S/C13H15Cl3N2O3/c1-7(2)5-17-13(20)18-12(19)6-21-11-4-9(15)8(14)3-10(11)16/h3-4,7H,5-6H2,1-2H3,(H2,17,18,19,20). The van der Waals surface area contributed by atoms with Gasteiger partial charge in [0.05, 0.1) is 15.1 Å². The van der Waals surface area contributed by atoms with E-state index in [1.807, 2.05) is 13.8 Å². The zero-order chi connectivity index (χ0) is 16.0. The molecule has 1 aromatic rings. The van der Waals surface area contributed by atoms with Crippen LogP contribution < -0.4 is 15.4 Å². The molecule has 0 unspecified atom stereocenters. The zero-order valence-corrected chi connectivity index (χ0v) is 13.8. The summed E-state index contributed by atoms with van der Waals surface area (Å²) in [7, 11) is 0. The number of carbonyl (C=O) groups is 2. The highest BCUT2D eigenvalue weighted by Gasteiger charge is 2.11. The molecule has 0 spiro atoms. The summed E-state index contributed by atoms with van der Waals surface area (Å²) in [6.07, 6.45) is 0. The van der Waals surface area contributed by atoms with Gasteiger partial charge in [-0.15, -0.1) is 0 Å². The minimum absolute atomic E-state index is 0.212. The summed E-state index contributed by atoms with van der Waals surface area (Å²) >= 11 is 17.5. The second kappa shape index (κ2) is 8.32. The number of halogens is 3. The predicted octanol–water partition coefficient (Wildman–Crippen LogP) is 3.51. The van der Waals surface area contributed by atoms with E-state index in [4.69, 9.17) is 39.5 Å². The maximum Gasteiger partial charge on any atom is 0.321 e. The number of benzene rings is 1. The van der Waals surface area contributed by atoms with Crippen molar-refractivity contribution in [2.75, 3.05) is 13.2 Å². The third-order valence-corrected chi connectivity index (χ3v) is 3.27. The van der Waals surface area contributed by atoms with Gasteiger partial charge in [-0.05, 0) is 12.0 Å². The molecule has 1 rings (SSSR count). The molecule has 0 aliphatic rings. The molecular formula is C13H15Cl3N2O3. The lowest BCUT2D eigenvalue weighted by atomic mass is 10.2. The normalized spacial score (nSPS) is 10.4. The Hall–Kier alpha value is -1.17. The Balaban J connectivity index is 2.46. The molecule has 0 radical (unpaired) electrons. The Labute approximate surface area is 137 Å². The smallest absolute Gasteiger partial charge is 0.321 e. The molecule has 0 saturated heterocycles. The van der Waals surface area contributed by atoms with E-state index in [9.17, 15) is 9.59 Å². The number of nitrogens with one attached hydrogen (secondary N) is 2. The summed E-state index contributed by atoms with van der Waals surface area (Å²) in [5, 5.41) is 5.45. The minimum Gasteiger partial charge on any atom is -0.482 e.